The lowest BCUT2D eigenvalue weighted by Crippen LogP contribution is -2.75. The fourth-order valence-electron chi connectivity index (χ4n) is 5.76. The molecule has 1 saturated heterocycles. The first-order chi connectivity index (χ1) is 15.0. The second kappa shape index (κ2) is 6.33. The summed E-state index contributed by atoms with van der Waals surface area (Å²) in [6, 6.07) is 6.07. The number of amidine groups is 1. The highest BCUT2D eigenvalue weighted by atomic mass is 19.1. The Balaban J connectivity index is 1.56. The van der Waals surface area contributed by atoms with E-state index in [2.05, 4.69) is 0 Å². The Morgan fingerprint density at radius 2 is 1.90 bits per heavy atom. The van der Waals surface area contributed by atoms with Crippen molar-refractivity contribution in [3.63, 3.8) is 0 Å². The molecule has 3 aliphatic heterocycles. The van der Waals surface area contributed by atoms with Crippen molar-refractivity contribution in [2.75, 3.05) is 19.8 Å². The number of halogens is 1. The zero-order valence-electron chi connectivity index (χ0n) is 17.5. The minimum Gasteiger partial charge on any atom is -0.486 e. The fourth-order valence-corrected chi connectivity index (χ4v) is 5.76. The topological polar surface area (TPSA) is 66.1 Å². The summed E-state index contributed by atoms with van der Waals surface area (Å²) in [4.78, 5) is 4.89. The van der Waals surface area contributed by atoms with Crippen LogP contribution in [-0.4, -0.2) is 31.4 Å². The Labute approximate surface area is 180 Å². The van der Waals surface area contributed by atoms with Crippen molar-refractivity contribution < 1.29 is 18.6 Å². The van der Waals surface area contributed by atoms with Crippen molar-refractivity contribution in [2.45, 2.75) is 37.3 Å². The molecule has 3 heterocycles. The molecular weight excluding hydrogens is 395 g/mol. The molecule has 5 nitrogen and oxygen atoms in total. The van der Waals surface area contributed by atoms with E-state index in [1.165, 1.54) is 6.08 Å². The summed E-state index contributed by atoms with van der Waals surface area (Å²) >= 11 is 0. The number of benzene rings is 1. The van der Waals surface area contributed by atoms with Gasteiger partial charge in [0.15, 0.2) is 0 Å². The third-order valence-electron chi connectivity index (χ3n) is 7.64. The van der Waals surface area contributed by atoms with Crippen LogP contribution in [0.15, 0.2) is 65.0 Å². The average molecular weight is 420 g/mol. The maximum Gasteiger partial charge on any atom is 0.283 e. The van der Waals surface area contributed by atoms with Gasteiger partial charge in [0, 0.05) is 11.1 Å². The first-order valence-corrected chi connectivity index (χ1v) is 10.8. The highest BCUT2D eigenvalue weighted by Crippen LogP contribution is 2.67. The molecule has 2 N–H and O–H groups in total. The molecule has 1 saturated carbocycles. The minimum absolute atomic E-state index is 0.194. The number of hydrogen-bond donors (Lipinski definition) is 1. The number of rotatable bonds is 1. The van der Waals surface area contributed by atoms with Gasteiger partial charge in [0.1, 0.15) is 29.3 Å². The predicted molar refractivity (Wildman–Crippen MR) is 116 cm³/mol. The maximum absolute atomic E-state index is 15.0. The molecule has 3 spiro atoms. The summed E-state index contributed by atoms with van der Waals surface area (Å²) in [5.41, 5.74) is 7.92. The molecule has 2 aliphatic carbocycles. The average Bonchev–Trinajstić information content (AvgIpc) is 3.07. The number of aliphatic imine (C=N–C) groups is 1. The quantitative estimate of drug-likeness (QED) is 0.735. The summed E-state index contributed by atoms with van der Waals surface area (Å²) in [5, 5.41) is 0. The maximum atomic E-state index is 15.0. The van der Waals surface area contributed by atoms with Gasteiger partial charge in [-0.1, -0.05) is 29.9 Å². The fraction of sp³-hybridized carbons (Fsp3) is 0.400. The summed E-state index contributed by atoms with van der Waals surface area (Å²) in [6.45, 7) is 3.42. The number of allylic oxidation sites excluding steroid dienone is 8. The van der Waals surface area contributed by atoms with Crippen LogP contribution in [0.3, 0.4) is 0 Å². The van der Waals surface area contributed by atoms with Crippen LogP contribution < -0.4 is 10.5 Å². The summed E-state index contributed by atoms with van der Waals surface area (Å²) in [5.74, 6) is 0.503. The lowest BCUT2D eigenvalue weighted by Gasteiger charge is -2.66. The third kappa shape index (κ3) is 2.37. The van der Waals surface area contributed by atoms with Crippen LogP contribution in [-0.2, 0) is 15.0 Å². The molecule has 0 aromatic heterocycles. The van der Waals surface area contributed by atoms with Gasteiger partial charge in [-0.25, -0.2) is 9.38 Å². The van der Waals surface area contributed by atoms with Crippen LogP contribution in [0.4, 0.5) is 4.39 Å². The molecule has 0 radical (unpaired) electrons. The molecule has 6 heteroatoms. The van der Waals surface area contributed by atoms with E-state index in [9.17, 15) is 0 Å². The number of nitrogens with two attached hydrogens (primary N) is 1. The molecule has 31 heavy (non-hydrogen) atoms. The SMILES string of the molecule is CC1=C/C(c2ccc3c(c2)C2(COC(N)=N2)C2(COC2)C2(CCC2)O3)=C(F)\C=C\C=C\1. The van der Waals surface area contributed by atoms with Crippen molar-refractivity contribution in [3.8, 4) is 5.75 Å². The van der Waals surface area contributed by atoms with Gasteiger partial charge in [-0.05, 0) is 56.0 Å². The number of nitrogens with zero attached hydrogens (tertiary/aromatic N) is 1. The van der Waals surface area contributed by atoms with Crippen LogP contribution in [0.5, 0.6) is 5.75 Å². The first-order valence-electron chi connectivity index (χ1n) is 10.8. The molecule has 5 aliphatic rings. The van der Waals surface area contributed by atoms with Gasteiger partial charge in [-0.2, -0.15) is 0 Å². The van der Waals surface area contributed by atoms with E-state index in [0.717, 1.165) is 41.7 Å². The minimum atomic E-state index is -0.688. The smallest absolute Gasteiger partial charge is 0.283 e. The van der Waals surface area contributed by atoms with E-state index in [4.69, 9.17) is 24.9 Å². The molecule has 1 aromatic carbocycles. The zero-order valence-corrected chi connectivity index (χ0v) is 17.5. The molecular formula is C25H25FN2O3. The van der Waals surface area contributed by atoms with E-state index in [-0.39, 0.29) is 22.9 Å². The summed E-state index contributed by atoms with van der Waals surface area (Å²) in [6.07, 6.45) is 11.9. The van der Waals surface area contributed by atoms with Gasteiger partial charge < -0.3 is 19.9 Å². The van der Waals surface area contributed by atoms with Gasteiger partial charge in [0.2, 0.25) is 0 Å². The van der Waals surface area contributed by atoms with Gasteiger partial charge in [-0.15, -0.1) is 0 Å². The molecule has 6 rings (SSSR count). The molecule has 1 unspecified atom stereocenters. The Morgan fingerprint density at radius 1 is 1.10 bits per heavy atom. The highest BCUT2D eigenvalue weighted by Gasteiger charge is 2.75. The normalized spacial score (nSPS) is 35.4. The molecule has 0 bridgehead atoms. The van der Waals surface area contributed by atoms with Crippen molar-refractivity contribution in [1.82, 2.24) is 0 Å². The molecule has 1 atom stereocenters. The largest absolute Gasteiger partial charge is 0.486 e. The van der Waals surface area contributed by atoms with Crippen LogP contribution in [0.25, 0.3) is 5.57 Å². The Hall–Kier alpha value is -2.86. The number of fused-ring (bicyclic) bond motifs is 4. The Morgan fingerprint density at radius 3 is 2.55 bits per heavy atom. The summed E-state index contributed by atoms with van der Waals surface area (Å²) in [7, 11) is 0. The number of ether oxygens (including phenoxy) is 3. The first kappa shape index (κ1) is 18.9. The molecule has 2 fully saturated rings. The van der Waals surface area contributed by atoms with Gasteiger partial charge in [0.25, 0.3) is 6.02 Å². The van der Waals surface area contributed by atoms with Crippen LogP contribution in [0, 0.1) is 5.41 Å². The summed E-state index contributed by atoms with van der Waals surface area (Å²) < 4.78 is 33.2. The third-order valence-corrected chi connectivity index (χ3v) is 7.64. The van der Waals surface area contributed by atoms with E-state index in [0.29, 0.717) is 25.4 Å². The second-order valence-corrected chi connectivity index (χ2v) is 9.20. The van der Waals surface area contributed by atoms with Crippen molar-refractivity contribution in [2.24, 2.45) is 16.1 Å². The van der Waals surface area contributed by atoms with Gasteiger partial charge in [-0.3, -0.25) is 0 Å². The Kier molecular flexibility index (Phi) is 3.85. The van der Waals surface area contributed by atoms with E-state index >= 15 is 4.39 Å². The molecule has 1 aromatic rings. The van der Waals surface area contributed by atoms with Crippen molar-refractivity contribution in [3.05, 3.63) is 71.1 Å². The monoisotopic (exact) mass is 420 g/mol. The van der Waals surface area contributed by atoms with E-state index in [1.807, 2.05) is 43.4 Å². The lowest BCUT2D eigenvalue weighted by molar-refractivity contribution is -0.281. The van der Waals surface area contributed by atoms with Crippen LogP contribution in [0.1, 0.15) is 37.3 Å². The van der Waals surface area contributed by atoms with Crippen molar-refractivity contribution >= 4 is 11.6 Å². The standard InChI is InChI=1S/C25H25FN2O3/c1-16-5-2-3-6-20(26)18(11-16)17-7-8-21-19(12-17)25(15-30-22(27)28-25)23(13-29-14-23)24(31-21)9-4-10-24/h2-3,5-8,11-12H,4,9-10,13-15H2,1H3,(H2,27,28)/b3-2?,5-2+,6-3+,16-5?,16-11-,18-11?,20-6?,20-18-. The van der Waals surface area contributed by atoms with Crippen LogP contribution >= 0.6 is 0 Å². The van der Waals surface area contributed by atoms with E-state index < -0.39 is 5.54 Å². The van der Waals surface area contributed by atoms with E-state index in [1.54, 1.807) is 6.08 Å². The highest BCUT2D eigenvalue weighted by molar-refractivity contribution is 5.80. The van der Waals surface area contributed by atoms with Gasteiger partial charge >= 0.3 is 0 Å². The van der Waals surface area contributed by atoms with Gasteiger partial charge in [0.05, 0.1) is 18.6 Å². The molecule has 0 amide bonds. The van der Waals surface area contributed by atoms with Crippen molar-refractivity contribution in [1.29, 1.82) is 0 Å². The molecule has 160 valence electrons. The predicted octanol–water partition coefficient (Wildman–Crippen LogP) is 4.31. The Bertz CT molecular complexity index is 1120. The lowest BCUT2D eigenvalue weighted by atomic mass is 9.49. The second-order valence-electron chi connectivity index (χ2n) is 9.20. The number of hydrogen-bond acceptors (Lipinski definition) is 5. The zero-order chi connectivity index (χ0) is 21.3. The van der Waals surface area contributed by atoms with Crippen LogP contribution in [0.2, 0.25) is 0 Å².